The molecule has 2 amide bonds. The van der Waals surface area contributed by atoms with Gasteiger partial charge in [-0.3, -0.25) is 4.79 Å². The van der Waals surface area contributed by atoms with Crippen LogP contribution >= 0.6 is 11.8 Å². The van der Waals surface area contributed by atoms with Crippen LogP contribution in [0.3, 0.4) is 0 Å². The minimum absolute atomic E-state index is 0.0148. The van der Waals surface area contributed by atoms with E-state index < -0.39 is 5.91 Å². The van der Waals surface area contributed by atoms with E-state index >= 15 is 0 Å². The summed E-state index contributed by atoms with van der Waals surface area (Å²) in [6.07, 6.45) is 1.18. The van der Waals surface area contributed by atoms with Crippen LogP contribution in [0.15, 0.2) is 76.2 Å². The molecule has 0 atom stereocenters. The van der Waals surface area contributed by atoms with Crippen molar-refractivity contribution in [2.75, 3.05) is 38.6 Å². The number of methoxy groups -OCH3 is 1. The highest BCUT2D eigenvalue weighted by Crippen LogP contribution is 2.33. The quantitative estimate of drug-likeness (QED) is 0.586. The summed E-state index contributed by atoms with van der Waals surface area (Å²) in [5.74, 6) is -0.464. The largest absolute Gasteiger partial charge is 0.453 e. The summed E-state index contributed by atoms with van der Waals surface area (Å²) in [6, 6.07) is 19.3. The van der Waals surface area contributed by atoms with Gasteiger partial charge in [0.25, 0.3) is 5.91 Å². The van der Waals surface area contributed by atoms with Crippen LogP contribution in [0.1, 0.15) is 0 Å². The normalized spacial score (nSPS) is 14.1. The standard InChI is InChI=1S/C22H22N4O3S/c1-29-22(28)26-13-11-25(12-14-26)16-17(15-23)21(27)24-19-9-5-6-10-20(19)30-18-7-3-2-4-8-18/h2-10,16H,11-14H2,1H3,(H,24,27)/b17-16-. The molecule has 0 aromatic heterocycles. The number of hydrogen-bond acceptors (Lipinski definition) is 6. The first-order valence-corrected chi connectivity index (χ1v) is 10.2. The zero-order valence-corrected chi connectivity index (χ0v) is 17.4. The molecule has 0 bridgehead atoms. The second-order valence-corrected chi connectivity index (χ2v) is 7.63. The number of carbonyl (C=O) groups excluding carboxylic acids is 2. The van der Waals surface area contributed by atoms with Gasteiger partial charge in [0.2, 0.25) is 0 Å². The molecule has 8 heteroatoms. The van der Waals surface area contributed by atoms with Gasteiger partial charge in [0.15, 0.2) is 0 Å². The molecule has 1 fully saturated rings. The fourth-order valence-corrected chi connectivity index (χ4v) is 3.87. The number of rotatable bonds is 5. The SMILES string of the molecule is COC(=O)N1CCN(/C=C(/C#N)C(=O)Nc2ccccc2Sc2ccccc2)CC1. The Morgan fingerprint density at radius 3 is 2.40 bits per heavy atom. The van der Waals surface area contributed by atoms with Crippen LogP contribution in [0.5, 0.6) is 0 Å². The van der Waals surface area contributed by atoms with E-state index in [0.29, 0.717) is 31.9 Å². The van der Waals surface area contributed by atoms with E-state index in [0.717, 1.165) is 9.79 Å². The molecule has 1 heterocycles. The van der Waals surface area contributed by atoms with E-state index in [9.17, 15) is 14.9 Å². The van der Waals surface area contributed by atoms with Gasteiger partial charge in [0.1, 0.15) is 11.6 Å². The summed E-state index contributed by atoms with van der Waals surface area (Å²) in [7, 11) is 1.35. The summed E-state index contributed by atoms with van der Waals surface area (Å²) < 4.78 is 4.72. The number of amides is 2. The molecule has 0 saturated carbocycles. The minimum atomic E-state index is -0.464. The highest BCUT2D eigenvalue weighted by molar-refractivity contribution is 7.99. The topological polar surface area (TPSA) is 85.7 Å². The van der Waals surface area contributed by atoms with E-state index in [4.69, 9.17) is 4.74 Å². The van der Waals surface area contributed by atoms with Gasteiger partial charge in [-0.2, -0.15) is 5.26 Å². The van der Waals surface area contributed by atoms with Crippen molar-refractivity contribution in [3.63, 3.8) is 0 Å². The Balaban J connectivity index is 1.67. The molecule has 30 heavy (non-hydrogen) atoms. The van der Waals surface area contributed by atoms with Gasteiger partial charge in [0, 0.05) is 42.2 Å². The van der Waals surface area contributed by atoms with Crippen LogP contribution < -0.4 is 5.32 Å². The van der Waals surface area contributed by atoms with Crippen LogP contribution in [0.2, 0.25) is 0 Å². The fraction of sp³-hybridized carbons (Fsp3) is 0.227. The van der Waals surface area contributed by atoms with E-state index in [1.165, 1.54) is 18.9 Å². The number of para-hydroxylation sites is 1. The molecule has 3 rings (SSSR count). The van der Waals surface area contributed by atoms with Crippen molar-refractivity contribution in [1.29, 1.82) is 5.26 Å². The third-order valence-electron chi connectivity index (χ3n) is 4.53. The summed E-state index contributed by atoms with van der Waals surface area (Å²) in [5.41, 5.74) is 0.661. The number of anilines is 1. The van der Waals surface area contributed by atoms with Crippen molar-refractivity contribution in [1.82, 2.24) is 9.80 Å². The predicted molar refractivity (Wildman–Crippen MR) is 115 cm³/mol. The maximum absolute atomic E-state index is 12.7. The zero-order chi connectivity index (χ0) is 21.3. The van der Waals surface area contributed by atoms with Gasteiger partial charge in [-0.05, 0) is 24.3 Å². The smallest absolute Gasteiger partial charge is 0.409 e. The molecular weight excluding hydrogens is 400 g/mol. The molecule has 0 aliphatic carbocycles. The number of hydrogen-bond donors (Lipinski definition) is 1. The number of nitrogens with zero attached hydrogens (tertiary/aromatic N) is 3. The molecule has 1 aliphatic heterocycles. The molecule has 1 N–H and O–H groups in total. The second kappa shape index (κ2) is 10.4. The van der Waals surface area contributed by atoms with Crippen LogP contribution in [0.4, 0.5) is 10.5 Å². The molecule has 0 unspecified atom stereocenters. The summed E-state index contributed by atoms with van der Waals surface area (Å²) >= 11 is 1.54. The van der Waals surface area contributed by atoms with Crippen molar-refractivity contribution >= 4 is 29.4 Å². The van der Waals surface area contributed by atoms with E-state index in [-0.39, 0.29) is 11.7 Å². The maximum Gasteiger partial charge on any atom is 0.409 e. The number of nitrogens with one attached hydrogen (secondary N) is 1. The lowest BCUT2D eigenvalue weighted by molar-refractivity contribution is -0.112. The molecule has 1 saturated heterocycles. The monoisotopic (exact) mass is 422 g/mol. The minimum Gasteiger partial charge on any atom is -0.453 e. The second-order valence-electron chi connectivity index (χ2n) is 6.51. The average molecular weight is 423 g/mol. The Labute approximate surface area is 179 Å². The number of ether oxygens (including phenoxy) is 1. The Bertz CT molecular complexity index is 964. The van der Waals surface area contributed by atoms with Crippen molar-refractivity contribution in [3.8, 4) is 6.07 Å². The lowest BCUT2D eigenvalue weighted by Gasteiger charge is -2.33. The fourth-order valence-electron chi connectivity index (χ4n) is 2.95. The first kappa shape index (κ1) is 21.3. The van der Waals surface area contributed by atoms with Crippen molar-refractivity contribution in [3.05, 3.63) is 66.4 Å². The zero-order valence-electron chi connectivity index (χ0n) is 16.6. The summed E-state index contributed by atoms with van der Waals surface area (Å²) in [4.78, 5) is 29.7. The van der Waals surface area contributed by atoms with E-state index in [2.05, 4.69) is 5.32 Å². The van der Waals surface area contributed by atoms with Crippen molar-refractivity contribution < 1.29 is 14.3 Å². The molecule has 7 nitrogen and oxygen atoms in total. The summed E-state index contributed by atoms with van der Waals surface area (Å²) in [6.45, 7) is 1.99. The molecule has 154 valence electrons. The van der Waals surface area contributed by atoms with E-state index in [1.54, 1.807) is 11.1 Å². The van der Waals surface area contributed by atoms with Gasteiger partial charge < -0.3 is 19.9 Å². The highest BCUT2D eigenvalue weighted by atomic mass is 32.2. The van der Waals surface area contributed by atoms with Gasteiger partial charge in [-0.15, -0.1) is 0 Å². The first-order valence-electron chi connectivity index (χ1n) is 9.43. The Kier molecular flexibility index (Phi) is 7.35. The lowest BCUT2D eigenvalue weighted by atomic mass is 10.2. The van der Waals surface area contributed by atoms with Gasteiger partial charge in [-0.25, -0.2) is 4.79 Å². The van der Waals surface area contributed by atoms with Crippen LogP contribution in [-0.4, -0.2) is 55.1 Å². The predicted octanol–water partition coefficient (Wildman–Crippen LogP) is 3.57. The molecular formula is C22H22N4O3S. The number of benzene rings is 2. The van der Waals surface area contributed by atoms with Gasteiger partial charge >= 0.3 is 6.09 Å². The van der Waals surface area contributed by atoms with Crippen molar-refractivity contribution in [2.24, 2.45) is 0 Å². The molecule has 0 spiro atoms. The Morgan fingerprint density at radius 2 is 1.73 bits per heavy atom. The van der Waals surface area contributed by atoms with E-state index in [1.807, 2.05) is 65.6 Å². The lowest BCUT2D eigenvalue weighted by Crippen LogP contribution is -2.47. The van der Waals surface area contributed by atoms with Crippen LogP contribution in [-0.2, 0) is 9.53 Å². The first-order chi connectivity index (χ1) is 14.6. The van der Waals surface area contributed by atoms with Gasteiger partial charge in [0.05, 0.1) is 12.8 Å². The molecule has 1 aliphatic rings. The number of piperazine rings is 1. The average Bonchev–Trinajstić information content (AvgIpc) is 2.79. The van der Waals surface area contributed by atoms with Crippen molar-refractivity contribution in [2.45, 2.75) is 9.79 Å². The molecule has 2 aromatic carbocycles. The molecule has 0 radical (unpaired) electrons. The van der Waals surface area contributed by atoms with Gasteiger partial charge in [-0.1, -0.05) is 42.1 Å². The van der Waals surface area contributed by atoms with Crippen LogP contribution in [0.25, 0.3) is 0 Å². The summed E-state index contributed by atoms with van der Waals surface area (Å²) in [5, 5.41) is 12.3. The number of carbonyl (C=O) groups is 2. The molecule has 2 aromatic rings. The highest BCUT2D eigenvalue weighted by Gasteiger charge is 2.21. The Morgan fingerprint density at radius 1 is 1.07 bits per heavy atom. The Hall–Kier alpha value is -3.44. The number of nitriles is 1. The van der Waals surface area contributed by atoms with Crippen LogP contribution in [0, 0.1) is 11.3 Å². The third kappa shape index (κ3) is 5.55. The third-order valence-corrected chi connectivity index (χ3v) is 5.61. The maximum atomic E-state index is 12.7.